The number of halogens is 1. The van der Waals surface area contributed by atoms with E-state index in [1.165, 1.54) is 0 Å². The van der Waals surface area contributed by atoms with Crippen molar-refractivity contribution in [3.63, 3.8) is 0 Å². The van der Waals surface area contributed by atoms with Gasteiger partial charge in [-0.25, -0.2) is 0 Å². The molecule has 0 aromatic heterocycles. The number of benzene rings is 1. The number of hydrogen-bond donors (Lipinski definition) is 2. The third kappa shape index (κ3) is 6.31. The Hall–Kier alpha value is -1.06. The summed E-state index contributed by atoms with van der Waals surface area (Å²) in [4.78, 5) is 4.39. The molecule has 1 aromatic rings. The molecule has 2 heterocycles. The molecule has 25 heavy (non-hydrogen) atoms. The lowest BCUT2D eigenvalue weighted by molar-refractivity contribution is 0.0171. The van der Waals surface area contributed by atoms with Crippen LogP contribution in [0.4, 0.5) is 0 Å². The van der Waals surface area contributed by atoms with E-state index in [1.807, 2.05) is 18.2 Å². The number of para-hydroxylation sites is 1. The summed E-state index contributed by atoms with van der Waals surface area (Å²) in [5.74, 6) is 1.41. The van der Waals surface area contributed by atoms with E-state index in [0.717, 1.165) is 43.6 Å². The van der Waals surface area contributed by atoms with Crippen molar-refractivity contribution in [2.45, 2.75) is 37.8 Å². The van der Waals surface area contributed by atoms with Gasteiger partial charge in [0.05, 0.1) is 25.4 Å². The van der Waals surface area contributed by atoms with Gasteiger partial charge in [0.15, 0.2) is 5.96 Å². The largest absolute Gasteiger partial charge is 0.493 e. The van der Waals surface area contributed by atoms with Gasteiger partial charge in [0.25, 0.3) is 0 Å². The summed E-state index contributed by atoms with van der Waals surface area (Å²) in [7, 11) is 0. The molecule has 2 aliphatic heterocycles. The van der Waals surface area contributed by atoms with Crippen molar-refractivity contribution in [2.75, 3.05) is 33.0 Å². The summed E-state index contributed by atoms with van der Waals surface area (Å²) in [5.41, 5.74) is 7.15. The van der Waals surface area contributed by atoms with E-state index in [2.05, 4.69) is 16.4 Å². The fourth-order valence-electron chi connectivity index (χ4n) is 3.07. The van der Waals surface area contributed by atoms with Gasteiger partial charge in [-0.2, -0.15) is 0 Å². The summed E-state index contributed by atoms with van der Waals surface area (Å²) < 4.78 is 16.8. The van der Waals surface area contributed by atoms with Gasteiger partial charge in [-0.05, 0) is 25.3 Å². The van der Waals surface area contributed by atoms with Crippen LogP contribution in [0.25, 0.3) is 0 Å². The number of hydrogen-bond acceptors (Lipinski definition) is 4. The second-order valence-corrected chi connectivity index (χ2v) is 6.20. The molecule has 0 radical (unpaired) electrons. The van der Waals surface area contributed by atoms with E-state index >= 15 is 0 Å². The molecule has 2 unspecified atom stereocenters. The molecule has 1 fully saturated rings. The monoisotopic (exact) mass is 461 g/mol. The topological polar surface area (TPSA) is 78.1 Å². The molecule has 2 aliphatic rings. The zero-order valence-corrected chi connectivity index (χ0v) is 16.8. The Morgan fingerprint density at radius 3 is 3.00 bits per heavy atom. The van der Waals surface area contributed by atoms with Crippen molar-refractivity contribution >= 4 is 29.9 Å². The van der Waals surface area contributed by atoms with Crippen LogP contribution in [0, 0.1) is 0 Å². The minimum Gasteiger partial charge on any atom is -0.493 e. The fraction of sp³-hybridized carbons (Fsp3) is 0.611. The Bertz CT molecular complexity index is 550. The van der Waals surface area contributed by atoms with Gasteiger partial charge in [0.1, 0.15) is 5.75 Å². The van der Waals surface area contributed by atoms with Crippen LogP contribution in [-0.2, 0) is 9.47 Å². The second kappa shape index (κ2) is 10.8. The molecule has 0 amide bonds. The van der Waals surface area contributed by atoms with E-state index in [4.69, 9.17) is 19.9 Å². The summed E-state index contributed by atoms with van der Waals surface area (Å²) >= 11 is 0. The lowest BCUT2D eigenvalue weighted by Gasteiger charge is -2.26. The van der Waals surface area contributed by atoms with E-state index in [-0.39, 0.29) is 36.1 Å². The van der Waals surface area contributed by atoms with Crippen molar-refractivity contribution in [3.05, 3.63) is 29.8 Å². The van der Waals surface area contributed by atoms with Crippen molar-refractivity contribution < 1.29 is 14.2 Å². The molecule has 0 aliphatic carbocycles. The van der Waals surface area contributed by atoms with Gasteiger partial charge in [-0.15, -0.1) is 24.0 Å². The van der Waals surface area contributed by atoms with Crippen molar-refractivity contribution in [3.8, 4) is 5.75 Å². The van der Waals surface area contributed by atoms with Gasteiger partial charge in [0, 0.05) is 31.7 Å². The molecule has 3 N–H and O–H groups in total. The van der Waals surface area contributed by atoms with Crippen LogP contribution in [0.15, 0.2) is 29.3 Å². The quantitative estimate of drug-likeness (QED) is 0.283. The number of nitrogens with zero attached hydrogens (tertiary/aromatic N) is 1. The number of guanidine groups is 1. The summed E-state index contributed by atoms with van der Waals surface area (Å²) in [6.45, 7) is 3.61. The van der Waals surface area contributed by atoms with E-state index in [9.17, 15) is 0 Å². The number of ether oxygens (including phenoxy) is 3. The maximum absolute atomic E-state index is 6.01. The van der Waals surface area contributed by atoms with Crippen LogP contribution in [0.2, 0.25) is 0 Å². The maximum atomic E-state index is 6.01. The lowest BCUT2D eigenvalue weighted by atomic mass is 10.0. The van der Waals surface area contributed by atoms with E-state index in [0.29, 0.717) is 32.3 Å². The molecule has 0 saturated carbocycles. The Labute approximate surface area is 166 Å². The summed E-state index contributed by atoms with van der Waals surface area (Å²) in [6, 6.07) is 8.21. The average molecular weight is 461 g/mol. The van der Waals surface area contributed by atoms with Gasteiger partial charge in [-0.1, -0.05) is 18.2 Å². The molecule has 0 bridgehead atoms. The Morgan fingerprint density at radius 2 is 2.16 bits per heavy atom. The van der Waals surface area contributed by atoms with Crippen molar-refractivity contribution in [1.82, 2.24) is 5.32 Å². The predicted molar refractivity (Wildman–Crippen MR) is 109 cm³/mol. The zero-order valence-electron chi connectivity index (χ0n) is 14.5. The number of nitrogens with one attached hydrogen (secondary N) is 1. The molecule has 1 aromatic carbocycles. The number of aliphatic imine (C=N–C) groups is 1. The minimum absolute atomic E-state index is 0. The van der Waals surface area contributed by atoms with Gasteiger partial charge >= 0.3 is 0 Å². The maximum Gasteiger partial charge on any atom is 0.189 e. The Morgan fingerprint density at radius 1 is 1.28 bits per heavy atom. The van der Waals surface area contributed by atoms with Crippen LogP contribution in [0.5, 0.6) is 5.75 Å². The average Bonchev–Trinajstić information content (AvgIpc) is 3.12. The first kappa shape index (κ1) is 20.3. The SMILES string of the molecule is I.NC(=NCCCOCC1CCCO1)NC1CCOc2ccccc21. The van der Waals surface area contributed by atoms with Crippen LogP contribution < -0.4 is 15.8 Å². The smallest absolute Gasteiger partial charge is 0.189 e. The minimum atomic E-state index is 0. The third-order valence-corrected chi connectivity index (χ3v) is 4.34. The molecule has 140 valence electrons. The molecular weight excluding hydrogens is 433 g/mol. The Balaban J connectivity index is 0.00000225. The molecule has 1 saturated heterocycles. The zero-order chi connectivity index (χ0) is 16.6. The fourth-order valence-corrected chi connectivity index (χ4v) is 3.07. The summed E-state index contributed by atoms with van der Waals surface area (Å²) in [5, 5.41) is 3.30. The van der Waals surface area contributed by atoms with Gasteiger partial charge < -0.3 is 25.3 Å². The normalized spacial score (nSPS) is 22.6. The first-order valence-corrected chi connectivity index (χ1v) is 8.80. The van der Waals surface area contributed by atoms with Gasteiger partial charge in [-0.3, -0.25) is 4.99 Å². The molecule has 7 heteroatoms. The number of fused-ring (bicyclic) bond motifs is 1. The standard InChI is InChI=1S/C18H27N3O3.HI/c19-18(20-9-4-10-22-13-14-5-3-11-23-14)21-16-8-12-24-17-7-2-1-6-15(16)17;/h1-2,6-7,14,16H,3-5,8-13H2,(H3,19,20,21);1H. The van der Waals surface area contributed by atoms with Crippen LogP contribution in [0.3, 0.4) is 0 Å². The van der Waals surface area contributed by atoms with Crippen molar-refractivity contribution in [2.24, 2.45) is 10.7 Å². The van der Waals surface area contributed by atoms with E-state index in [1.54, 1.807) is 0 Å². The second-order valence-electron chi connectivity index (χ2n) is 6.20. The highest BCUT2D eigenvalue weighted by Crippen LogP contribution is 2.31. The molecule has 0 spiro atoms. The molecule has 2 atom stereocenters. The highest BCUT2D eigenvalue weighted by Gasteiger charge is 2.21. The molecule has 6 nitrogen and oxygen atoms in total. The molecular formula is C18H28IN3O3. The third-order valence-electron chi connectivity index (χ3n) is 4.34. The first-order chi connectivity index (χ1) is 11.8. The summed E-state index contributed by atoms with van der Waals surface area (Å²) in [6.07, 6.45) is 4.29. The van der Waals surface area contributed by atoms with E-state index < -0.39 is 0 Å². The van der Waals surface area contributed by atoms with Crippen LogP contribution in [0.1, 0.15) is 37.3 Å². The predicted octanol–water partition coefficient (Wildman–Crippen LogP) is 2.62. The first-order valence-electron chi connectivity index (χ1n) is 8.80. The Kier molecular flexibility index (Phi) is 8.77. The lowest BCUT2D eigenvalue weighted by Crippen LogP contribution is -2.37. The van der Waals surface area contributed by atoms with Gasteiger partial charge in [0.2, 0.25) is 0 Å². The van der Waals surface area contributed by atoms with Crippen LogP contribution >= 0.6 is 24.0 Å². The highest BCUT2D eigenvalue weighted by atomic mass is 127. The van der Waals surface area contributed by atoms with Crippen molar-refractivity contribution in [1.29, 1.82) is 0 Å². The van der Waals surface area contributed by atoms with Crippen LogP contribution in [-0.4, -0.2) is 45.0 Å². The number of rotatable bonds is 7. The number of nitrogens with two attached hydrogens (primary N) is 1. The molecule has 3 rings (SSSR count). The highest BCUT2D eigenvalue weighted by molar-refractivity contribution is 14.0.